The third-order valence-electron chi connectivity index (χ3n) is 6.39. The fourth-order valence-corrected chi connectivity index (χ4v) is 4.41. The number of carbonyl (C=O) groups is 2. The molecule has 3 fully saturated rings. The van der Waals surface area contributed by atoms with Crippen molar-refractivity contribution in [2.75, 3.05) is 39.9 Å². The maximum Gasteiger partial charge on any atom is 0.260 e. The number of likely N-dealkylation sites (tertiary alicyclic amines) is 1. The van der Waals surface area contributed by atoms with Crippen molar-refractivity contribution in [1.82, 2.24) is 9.80 Å². The van der Waals surface area contributed by atoms with Crippen LogP contribution in [0.25, 0.3) is 0 Å². The normalized spacial score (nSPS) is 22.1. The van der Waals surface area contributed by atoms with E-state index in [1.807, 2.05) is 4.90 Å². The minimum atomic E-state index is -0.578. The van der Waals surface area contributed by atoms with E-state index in [-0.39, 0.29) is 29.0 Å². The molecule has 28 heavy (non-hydrogen) atoms. The zero-order valence-electron chi connectivity index (χ0n) is 16.3. The van der Waals surface area contributed by atoms with E-state index >= 15 is 0 Å². The van der Waals surface area contributed by atoms with Crippen LogP contribution in [0.3, 0.4) is 0 Å². The maximum atomic E-state index is 14.3. The van der Waals surface area contributed by atoms with Crippen molar-refractivity contribution in [3.05, 3.63) is 29.6 Å². The third kappa shape index (κ3) is 3.48. The van der Waals surface area contributed by atoms with Crippen LogP contribution in [0.4, 0.5) is 4.39 Å². The Morgan fingerprint density at radius 1 is 1.18 bits per heavy atom. The van der Waals surface area contributed by atoms with Gasteiger partial charge in [-0.1, -0.05) is 12.5 Å². The number of ether oxygens (including phenoxy) is 2. The standard InChI is InChI=1S/C21H27FN2O4/c1-27-17-7-3-6-16(22)18(17)20(26)24-12-13-28-21(14-24)8-10-23(11-9-21)19(25)15-4-2-5-15/h3,6-7,15H,2,4-5,8-14H2,1H3. The lowest BCUT2D eigenvalue weighted by Crippen LogP contribution is -2.59. The van der Waals surface area contributed by atoms with E-state index in [9.17, 15) is 14.0 Å². The molecule has 1 aliphatic carbocycles. The van der Waals surface area contributed by atoms with Gasteiger partial charge in [0.15, 0.2) is 0 Å². The van der Waals surface area contributed by atoms with Crippen LogP contribution in [0, 0.1) is 11.7 Å². The SMILES string of the molecule is COc1cccc(F)c1C(=O)N1CCOC2(CCN(C(=O)C3CCC3)CC2)C1. The predicted octanol–water partition coefficient (Wildman–Crippen LogP) is 2.47. The largest absolute Gasteiger partial charge is 0.496 e. The molecule has 0 N–H and O–H groups in total. The first-order valence-electron chi connectivity index (χ1n) is 10.1. The number of amides is 2. The molecule has 3 aliphatic rings. The summed E-state index contributed by atoms with van der Waals surface area (Å²) in [4.78, 5) is 29.1. The van der Waals surface area contributed by atoms with E-state index in [1.165, 1.54) is 19.2 Å². The molecule has 1 saturated carbocycles. The highest BCUT2D eigenvalue weighted by atomic mass is 19.1. The summed E-state index contributed by atoms with van der Waals surface area (Å²) in [5.41, 5.74) is -0.484. The number of benzene rings is 1. The maximum absolute atomic E-state index is 14.3. The molecule has 0 aromatic heterocycles. The second kappa shape index (κ2) is 7.70. The number of methoxy groups -OCH3 is 1. The number of morpholine rings is 1. The lowest BCUT2D eigenvalue weighted by atomic mass is 9.82. The Hall–Kier alpha value is -2.15. The summed E-state index contributed by atoms with van der Waals surface area (Å²) < 4.78 is 25.6. The quantitative estimate of drug-likeness (QED) is 0.796. The number of halogens is 1. The van der Waals surface area contributed by atoms with Gasteiger partial charge in [-0.2, -0.15) is 0 Å². The molecule has 2 aliphatic heterocycles. The second-order valence-corrected chi connectivity index (χ2v) is 8.03. The van der Waals surface area contributed by atoms with E-state index in [4.69, 9.17) is 9.47 Å². The first-order chi connectivity index (χ1) is 13.5. The summed E-state index contributed by atoms with van der Waals surface area (Å²) in [5.74, 6) is -0.239. The van der Waals surface area contributed by atoms with E-state index < -0.39 is 11.4 Å². The van der Waals surface area contributed by atoms with Gasteiger partial charge in [-0.15, -0.1) is 0 Å². The zero-order valence-corrected chi connectivity index (χ0v) is 16.3. The van der Waals surface area contributed by atoms with Gasteiger partial charge in [0.2, 0.25) is 5.91 Å². The summed E-state index contributed by atoms with van der Waals surface area (Å²) in [5, 5.41) is 0. The summed E-state index contributed by atoms with van der Waals surface area (Å²) in [6.45, 7) is 2.55. The van der Waals surface area contributed by atoms with Crippen LogP contribution in [-0.4, -0.2) is 67.1 Å². The minimum Gasteiger partial charge on any atom is -0.496 e. The van der Waals surface area contributed by atoms with Crippen LogP contribution in [0.15, 0.2) is 18.2 Å². The van der Waals surface area contributed by atoms with Gasteiger partial charge in [-0.25, -0.2) is 4.39 Å². The number of carbonyl (C=O) groups excluding carboxylic acids is 2. The monoisotopic (exact) mass is 390 g/mol. The van der Waals surface area contributed by atoms with Gasteiger partial charge < -0.3 is 19.3 Å². The van der Waals surface area contributed by atoms with Gasteiger partial charge in [-0.05, 0) is 37.8 Å². The average molecular weight is 390 g/mol. The highest BCUT2D eigenvalue weighted by molar-refractivity contribution is 5.97. The van der Waals surface area contributed by atoms with Gasteiger partial charge in [0.1, 0.15) is 17.1 Å². The fraction of sp³-hybridized carbons (Fsp3) is 0.619. The van der Waals surface area contributed by atoms with Gasteiger partial charge in [0.05, 0.1) is 25.9 Å². The van der Waals surface area contributed by atoms with Crippen molar-refractivity contribution in [2.45, 2.75) is 37.7 Å². The minimum absolute atomic E-state index is 0.0281. The van der Waals surface area contributed by atoms with Gasteiger partial charge in [0, 0.05) is 25.6 Å². The molecule has 2 amide bonds. The van der Waals surface area contributed by atoms with E-state index in [1.54, 1.807) is 11.0 Å². The van der Waals surface area contributed by atoms with Crippen LogP contribution in [-0.2, 0) is 9.53 Å². The lowest BCUT2D eigenvalue weighted by Gasteiger charge is -2.48. The van der Waals surface area contributed by atoms with Crippen LogP contribution in [0.1, 0.15) is 42.5 Å². The molecule has 4 rings (SSSR count). The van der Waals surface area contributed by atoms with Gasteiger partial charge in [0.25, 0.3) is 5.91 Å². The fourth-order valence-electron chi connectivity index (χ4n) is 4.41. The Labute approximate surface area is 164 Å². The molecule has 7 heteroatoms. The van der Waals surface area contributed by atoms with Crippen molar-refractivity contribution in [3.8, 4) is 5.75 Å². The van der Waals surface area contributed by atoms with Crippen LogP contribution < -0.4 is 4.74 Å². The van der Waals surface area contributed by atoms with E-state index in [2.05, 4.69) is 0 Å². The molecule has 1 spiro atoms. The highest BCUT2D eigenvalue weighted by Crippen LogP contribution is 2.34. The summed E-state index contributed by atoms with van der Waals surface area (Å²) in [6, 6.07) is 4.40. The number of nitrogens with zero attached hydrogens (tertiary/aromatic N) is 2. The number of hydrogen-bond donors (Lipinski definition) is 0. The summed E-state index contributed by atoms with van der Waals surface area (Å²) >= 11 is 0. The highest BCUT2D eigenvalue weighted by Gasteiger charge is 2.43. The molecule has 2 saturated heterocycles. The first-order valence-corrected chi connectivity index (χ1v) is 10.1. The molecule has 1 aromatic rings. The Morgan fingerprint density at radius 2 is 1.93 bits per heavy atom. The Kier molecular flexibility index (Phi) is 5.27. The molecule has 1 aromatic carbocycles. The van der Waals surface area contributed by atoms with Crippen molar-refractivity contribution in [3.63, 3.8) is 0 Å². The van der Waals surface area contributed by atoms with Crippen molar-refractivity contribution in [1.29, 1.82) is 0 Å². The van der Waals surface area contributed by atoms with Crippen LogP contribution >= 0.6 is 0 Å². The second-order valence-electron chi connectivity index (χ2n) is 8.03. The Bertz CT molecular complexity index is 757. The van der Waals surface area contributed by atoms with Gasteiger partial charge in [-0.3, -0.25) is 9.59 Å². The molecule has 0 bridgehead atoms. The predicted molar refractivity (Wildman–Crippen MR) is 101 cm³/mol. The molecule has 2 heterocycles. The molecular formula is C21H27FN2O4. The van der Waals surface area contributed by atoms with Crippen molar-refractivity contribution < 1.29 is 23.5 Å². The average Bonchev–Trinajstić information content (AvgIpc) is 2.66. The molecule has 6 nitrogen and oxygen atoms in total. The number of rotatable bonds is 3. The molecule has 0 atom stereocenters. The van der Waals surface area contributed by atoms with Crippen LogP contribution in [0.5, 0.6) is 5.75 Å². The molecule has 152 valence electrons. The number of hydrogen-bond acceptors (Lipinski definition) is 4. The Morgan fingerprint density at radius 3 is 2.57 bits per heavy atom. The zero-order chi connectivity index (χ0) is 19.7. The number of piperidine rings is 1. The van der Waals surface area contributed by atoms with Crippen molar-refractivity contribution in [2.24, 2.45) is 5.92 Å². The first kappa shape index (κ1) is 19.2. The van der Waals surface area contributed by atoms with Gasteiger partial charge >= 0.3 is 0 Å². The van der Waals surface area contributed by atoms with Crippen molar-refractivity contribution >= 4 is 11.8 Å². The molecular weight excluding hydrogens is 363 g/mol. The van der Waals surface area contributed by atoms with E-state index in [0.717, 1.165) is 19.3 Å². The summed E-state index contributed by atoms with van der Waals surface area (Å²) in [7, 11) is 1.43. The Balaban J connectivity index is 1.44. The third-order valence-corrected chi connectivity index (χ3v) is 6.39. The van der Waals surface area contributed by atoms with E-state index in [0.29, 0.717) is 45.6 Å². The smallest absolute Gasteiger partial charge is 0.260 e. The topological polar surface area (TPSA) is 59.1 Å². The van der Waals surface area contributed by atoms with Crippen LogP contribution in [0.2, 0.25) is 0 Å². The molecule has 0 unspecified atom stereocenters. The summed E-state index contributed by atoms with van der Waals surface area (Å²) in [6.07, 6.45) is 4.55. The molecule has 0 radical (unpaired) electrons. The lowest BCUT2D eigenvalue weighted by molar-refractivity contribution is -0.152.